The fourth-order valence-electron chi connectivity index (χ4n) is 2.74. The third-order valence-corrected chi connectivity index (χ3v) is 3.89. The lowest BCUT2D eigenvalue weighted by Gasteiger charge is -2.32. The van der Waals surface area contributed by atoms with Gasteiger partial charge in [-0.1, -0.05) is 12.1 Å². The minimum atomic E-state index is -0.143. The van der Waals surface area contributed by atoms with Crippen LogP contribution in [0, 0.1) is 11.7 Å². The monoisotopic (exact) mass is 249 g/mol. The van der Waals surface area contributed by atoms with Crippen molar-refractivity contribution >= 4 is 0 Å². The fourth-order valence-corrected chi connectivity index (χ4v) is 2.74. The number of ether oxygens (including phenoxy) is 1. The van der Waals surface area contributed by atoms with Crippen LogP contribution >= 0.6 is 0 Å². The van der Waals surface area contributed by atoms with Gasteiger partial charge >= 0.3 is 0 Å². The molecule has 2 aliphatic rings. The van der Waals surface area contributed by atoms with Crippen molar-refractivity contribution in [2.45, 2.75) is 37.8 Å². The first-order valence-corrected chi connectivity index (χ1v) is 6.89. The third kappa shape index (κ3) is 3.09. The van der Waals surface area contributed by atoms with Crippen LogP contribution in [-0.2, 0) is 11.2 Å². The molecule has 3 heteroatoms. The van der Waals surface area contributed by atoms with E-state index in [1.54, 1.807) is 12.1 Å². The molecule has 0 spiro atoms. The summed E-state index contributed by atoms with van der Waals surface area (Å²) in [6, 6.07) is 8.20. The van der Waals surface area contributed by atoms with E-state index in [0.29, 0.717) is 12.0 Å². The molecule has 1 saturated carbocycles. The summed E-state index contributed by atoms with van der Waals surface area (Å²) in [5.41, 5.74) is 1.08. The molecule has 2 nitrogen and oxygen atoms in total. The second-order valence-electron chi connectivity index (χ2n) is 5.51. The highest BCUT2D eigenvalue weighted by Crippen LogP contribution is 2.26. The largest absolute Gasteiger partial charge is 0.381 e. The van der Waals surface area contributed by atoms with Crippen LogP contribution in [-0.4, -0.2) is 25.3 Å². The summed E-state index contributed by atoms with van der Waals surface area (Å²) < 4.78 is 18.8. The lowest BCUT2D eigenvalue weighted by molar-refractivity contribution is 0.0316. The number of hydrogen-bond donors (Lipinski definition) is 1. The highest BCUT2D eigenvalue weighted by atomic mass is 19.1. The summed E-state index contributed by atoms with van der Waals surface area (Å²) in [5, 5.41) is 3.70. The summed E-state index contributed by atoms with van der Waals surface area (Å²) in [4.78, 5) is 0. The van der Waals surface area contributed by atoms with Crippen molar-refractivity contribution in [3.63, 3.8) is 0 Å². The van der Waals surface area contributed by atoms with Gasteiger partial charge in [-0.15, -0.1) is 0 Å². The molecule has 0 bridgehead atoms. The van der Waals surface area contributed by atoms with E-state index in [-0.39, 0.29) is 5.82 Å². The highest BCUT2D eigenvalue weighted by Gasteiger charge is 2.31. The van der Waals surface area contributed by atoms with Crippen LogP contribution in [0.3, 0.4) is 0 Å². The maximum Gasteiger partial charge on any atom is 0.123 e. The van der Waals surface area contributed by atoms with Crippen molar-refractivity contribution in [2.75, 3.05) is 13.2 Å². The van der Waals surface area contributed by atoms with Gasteiger partial charge in [-0.2, -0.15) is 0 Å². The Bertz CT molecular complexity index is 405. The van der Waals surface area contributed by atoms with E-state index in [1.807, 2.05) is 6.07 Å². The first-order valence-electron chi connectivity index (χ1n) is 6.89. The Morgan fingerprint density at radius 3 is 2.94 bits per heavy atom. The molecule has 1 heterocycles. The average Bonchev–Trinajstić information content (AvgIpc) is 3.16. The van der Waals surface area contributed by atoms with Crippen molar-refractivity contribution < 1.29 is 9.13 Å². The van der Waals surface area contributed by atoms with E-state index in [0.717, 1.165) is 37.7 Å². The molecule has 1 aliphatic carbocycles. The van der Waals surface area contributed by atoms with Gasteiger partial charge in [0.05, 0.1) is 6.61 Å². The van der Waals surface area contributed by atoms with Gasteiger partial charge in [-0.05, 0) is 43.4 Å². The lowest BCUT2D eigenvalue weighted by Crippen LogP contribution is -2.44. The Labute approximate surface area is 108 Å². The Morgan fingerprint density at radius 2 is 2.17 bits per heavy atom. The van der Waals surface area contributed by atoms with Crippen LogP contribution in [0.15, 0.2) is 24.3 Å². The normalized spacial score (nSPS) is 28.3. The van der Waals surface area contributed by atoms with E-state index in [2.05, 4.69) is 5.32 Å². The smallest absolute Gasteiger partial charge is 0.123 e. The molecule has 18 heavy (non-hydrogen) atoms. The highest BCUT2D eigenvalue weighted by molar-refractivity contribution is 5.17. The van der Waals surface area contributed by atoms with Crippen LogP contribution in [0.4, 0.5) is 4.39 Å². The summed E-state index contributed by atoms with van der Waals surface area (Å²) in [7, 11) is 0. The van der Waals surface area contributed by atoms with E-state index in [4.69, 9.17) is 4.74 Å². The first kappa shape index (κ1) is 12.1. The molecule has 0 unspecified atom stereocenters. The van der Waals surface area contributed by atoms with Crippen LogP contribution in [0.2, 0.25) is 0 Å². The van der Waals surface area contributed by atoms with Crippen LogP contribution in [0.25, 0.3) is 0 Å². The zero-order chi connectivity index (χ0) is 12.4. The Morgan fingerprint density at radius 1 is 1.28 bits per heavy atom. The number of nitrogens with one attached hydrogen (secondary N) is 1. The first-order chi connectivity index (χ1) is 8.81. The Hall–Kier alpha value is -0.930. The van der Waals surface area contributed by atoms with E-state index < -0.39 is 0 Å². The molecule has 98 valence electrons. The second kappa shape index (κ2) is 5.37. The summed E-state index contributed by atoms with van der Waals surface area (Å²) >= 11 is 0. The van der Waals surface area contributed by atoms with Gasteiger partial charge < -0.3 is 10.1 Å². The maximum absolute atomic E-state index is 13.2. The van der Waals surface area contributed by atoms with E-state index in [1.165, 1.54) is 18.9 Å². The second-order valence-corrected chi connectivity index (χ2v) is 5.51. The van der Waals surface area contributed by atoms with Crippen molar-refractivity contribution in [1.29, 1.82) is 0 Å². The fraction of sp³-hybridized carbons (Fsp3) is 0.600. The number of rotatable bonds is 4. The van der Waals surface area contributed by atoms with Gasteiger partial charge in [-0.3, -0.25) is 0 Å². The standard InChI is InChI=1S/C15H20FNO/c16-13-3-1-2-11(9-13)8-12-10-18-7-6-15(12)17-14-4-5-14/h1-3,9,12,14-15,17H,4-8,10H2/t12-,15-/m0/s1. The molecule has 1 aliphatic heterocycles. The number of halogens is 1. The van der Waals surface area contributed by atoms with Crippen molar-refractivity contribution in [1.82, 2.24) is 5.32 Å². The van der Waals surface area contributed by atoms with Crippen molar-refractivity contribution in [3.8, 4) is 0 Å². The zero-order valence-corrected chi connectivity index (χ0v) is 10.6. The quantitative estimate of drug-likeness (QED) is 0.885. The minimum Gasteiger partial charge on any atom is -0.381 e. The summed E-state index contributed by atoms with van der Waals surface area (Å²) in [6.07, 6.45) is 4.60. The number of hydrogen-bond acceptors (Lipinski definition) is 2. The Kier molecular flexibility index (Phi) is 3.62. The molecule has 3 rings (SSSR count). The Balaban J connectivity index is 1.64. The summed E-state index contributed by atoms with van der Waals surface area (Å²) in [6.45, 7) is 1.64. The molecule has 0 aromatic heterocycles. The molecular weight excluding hydrogens is 229 g/mol. The van der Waals surface area contributed by atoms with Crippen LogP contribution < -0.4 is 5.32 Å². The van der Waals surface area contributed by atoms with Crippen LogP contribution in [0.5, 0.6) is 0 Å². The molecule has 2 atom stereocenters. The van der Waals surface area contributed by atoms with Gasteiger partial charge in [0.15, 0.2) is 0 Å². The van der Waals surface area contributed by atoms with Gasteiger partial charge in [-0.25, -0.2) is 4.39 Å². The predicted molar refractivity (Wildman–Crippen MR) is 69.0 cm³/mol. The third-order valence-electron chi connectivity index (χ3n) is 3.89. The topological polar surface area (TPSA) is 21.3 Å². The summed E-state index contributed by atoms with van der Waals surface area (Å²) in [5.74, 6) is 0.331. The van der Waals surface area contributed by atoms with Crippen LogP contribution in [0.1, 0.15) is 24.8 Å². The van der Waals surface area contributed by atoms with Gasteiger partial charge in [0.25, 0.3) is 0 Å². The van der Waals surface area contributed by atoms with E-state index in [9.17, 15) is 4.39 Å². The van der Waals surface area contributed by atoms with Gasteiger partial charge in [0.1, 0.15) is 5.82 Å². The van der Waals surface area contributed by atoms with Crippen molar-refractivity contribution in [3.05, 3.63) is 35.6 Å². The maximum atomic E-state index is 13.2. The number of benzene rings is 1. The minimum absolute atomic E-state index is 0.143. The molecule has 1 aromatic carbocycles. The molecule has 2 fully saturated rings. The molecule has 0 radical (unpaired) electrons. The molecule has 1 aromatic rings. The SMILES string of the molecule is Fc1cccc(C[C@H]2COCC[C@@H]2NC2CC2)c1. The lowest BCUT2D eigenvalue weighted by atomic mass is 9.89. The predicted octanol–water partition coefficient (Wildman–Crippen LogP) is 2.53. The molecule has 1 saturated heterocycles. The van der Waals surface area contributed by atoms with Gasteiger partial charge in [0, 0.05) is 24.6 Å². The zero-order valence-electron chi connectivity index (χ0n) is 10.6. The van der Waals surface area contributed by atoms with Crippen molar-refractivity contribution in [2.24, 2.45) is 5.92 Å². The molecule has 0 amide bonds. The molecule has 1 N–H and O–H groups in total. The van der Waals surface area contributed by atoms with E-state index >= 15 is 0 Å². The molecular formula is C15H20FNO. The van der Waals surface area contributed by atoms with Gasteiger partial charge in [0.2, 0.25) is 0 Å². The average molecular weight is 249 g/mol.